The summed E-state index contributed by atoms with van der Waals surface area (Å²) < 4.78 is 60.9. The van der Waals surface area contributed by atoms with E-state index in [2.05, 4.69) is 15.6 Å². The molecule has 5 nitrogen and oxygen atoms in total. The van der Waals surface area contributed by atoms with Crippen LogP contribution in [0.2, 0.25) is 0 Å². The van der Waals surface area contributed by atoms with Gasteiger partial charge in [-0.1, -0.05) is 36.4 Å². The summed E-state index contributed by atoms with van der Waals surface area (Å²) in [6, 6.07) is 20.7. The van der Waals surface area contributed by atoms with E-state index in [0.29, 0.717) is 37.0 Å². The quantitative estimate of drug-likeness (QED) is 0.258. The minimum Gasteiger partial charge on any atom is -0.497 e. The molecule has 3 aromatic carbocycles. The number of benzene rings is 3. The highest BCUT2D eigenvalue weighted by atomic mass is 19.4. The minimum atomic E-state index is -4.69. The van der Waals surface area contributed by atoms with Crippen LogP contribution in [0.4, 0.5) is 23.2 Å². The summed E-state index contributed by atoms with van der Waals surface area (Å²) in [5.41, 5.74) is -0.590. The highest BCUT2D eigenvalue weighted by Gasteiger charge is 2.40. The lowest BCUT2D eigenvalue weighted by atomic mass is 9.74. The van der Waals surface area contributed by atoms with Crippen molar-refractivity contribution in [3.05, 3.63) is 102 Å². The number of hydrogen-bond donors (Lipinski definition) is 2. The molecule has 39 heavy (non-hydrogen) atoms. The first-order valence-corrected chi connectivity index (χ1v) is 12.6. The summed E-state index contributed by atoms with van der Waals surface area (Å²) in [5, 5.41) is 6.40. The zero-order valence-electron chi connectivity index (χ0n) is 21.2. The van der Waals surface area contributed by atoms with Crippen LogP contribution >= 0.6 is 0 Å². The molecular weight excluding hydrogens is 510 g/mol. The largest absolute Gasteiger partial charge is 0.497 e. The van der Waals surface area contributed by atoms with Crippen molar-refractivity contribution < 1.29 is 27.1 Å². The number of alkyl halides is 3. The van der Waals surface area contributed by atoms with Gasteiger partial charge in [0.05, 0.1) is 23.6 Å². The van der Waals surface area contributed by atoms with Crippen LogP contribution in [0.5, 0.6) is 5.75 Å². The number of nitrogens with zero attached hydrogens (tertiary/aromatic N) is 1. The molecule has 1 saturated carbocycles. The second-order valence-corrected chi connectivity index (χ2v) is 9.76. The van der Waals surface area contributed by atoms with E-state index in [0.717, 1.165) is 11.6 Å². The second kappa shape index (κ2) is 10.6. The molecule has 202 valence electrons. The number of rotatable bonds is 6. The van der Waals surface area contributed by atoms with E-state index in [1.54, 1.807) is 31.4 Å². The third-order valence-electron chi connectivity index (χ3n) is 7.22. The predicted molar refractivity (Wildman–Crippen MR) is 141 cm³/mol. The van der Waals surface area contributed by atoms with Gasteiger partial charge in [-0.2, -0.15) is 13.2 Å². The normalized spacial score (nSPS) is 19.5. The van der Waals surface area contributed by atoms with Crippen LogP contribution in [-0.2, 0) is 11.7 Å². The Morgan fingerprint density at radius 2 is 1.77 bits per heavy atom. The molecule has 0 radical (unpaired) electrons. The molecule has 2 N–H and O–H groups in total. The van der Waals surface area contributed by atoms with E-state index in [-0.39, 0.29) is 28.5 Å². The average Bonchev–Trinajstić information content (AvgIpc) is 2.93. The highest BCUT2D eigenvalue weighted by molar-refractivity contribution is 5.95. The Kier molecular flexibility index (Phi) is 7.16. The van der Waals surface area contributed by atoms with Gasteiger partial charge in [0.25, 0.3) is 5.91 Å². The van der Waals surface area contributed by atoms with Gasteiger partial charge in [0, 0.05) is 17.3 Å². The van der Waals surface area contributed by atoms with E-state index < -0.39 is 23.2 Å². The van der Waals surface area contributed by atoms with Gasteiger partial charge in [0.2, 0.25) is 0 Å². The Morgan fingerprint density at radius 1 is 1.03 bits per heavy atom. The Hall–Kier alpha value is -4.14. The molecule has 1 aliphatic carbocycles. The molecule has 1 aromatic heterocycles. The number of methoxy groups -OCH3 is 1. The molecule has 1 aliphatic rings. The zero-order valence-corrected chi connectivity index (χ0v) is 21.2. The number of aromatic nitrogens is 1. The summed E-state index contributed by atoms with van der Waals surface area (Å²) in [4.78, 5) is 17.0. The number of fused-ring (bicyclic) bond motifs is 1. The Morgan fingerprint density at radius 3 is 2.46 bits per heavy atom. The summed E-state index contributed by atoms with van der Waals surface area (Å²) in [6.07, 6.45) is -2.35. The maximum absolute atomic E-state index is 14.8. The number of halogens is 4. The van der Waals surface area contributed by atoms with Crippen molar-refractivity contribution in [1.29, 1.82) is 0 Å². The number of nitrogens with one attached hydrogen (secondary N) is 2. The van der Waals surface area contributed by atoms with Gasteiger partial charge in [-0.15, -0.1) is 0 Å². The molecule has 2 atom stereocenters. The third-order valence-corrected chi connectivity index (χ3v) is 7.22. The van der Waals surface area contributed by atoms with E-state index in [9.17, 15) is 22.4 Å². The number of hydrogen-bond acceptors (Lipinski definition) is 4. The average molecular weight is 538 g/mol. The van der Waals surface area contributed by atoms with Gasteiger partial charge in [-0.05, 0) is 73.7 Å². The van der Waals surface area contributed by atoms with Crippen molar-refractivity contribution in [2.45, 2.75) is 43.4 Å². The topological polar surface area (TPSA) is 63.2 Å². The Bertz CT molecular complexity index is 1480. The Labute approximate surface area is 223 Å². The van der Waals surface area contributed by atoms with Crippen LogP contribution in [0, 0.1) is 5.82 Å². The van der Waals surface area contributed by atoms with Crippen molar-refractivity contribution in [3.63, 3.8) is 0 Å². The lowest BCUT2D eigenvalue weighted by Gasteiger charge is -2.42. The van der Waals surface area contributed by atoms with Crippen molar-refractivity contribution in [1.82, 2.24) is 10.3 Å². The molecule has 0 spiro atoms. The van der Waals surface area contributed by atoms with Gasteiger partial charge in [-0.25, -0.2) is 9.37 Å². The number of carbonyl (C=O) groups is 1. The first-order valence-electron chi connectivity index (χ1n) is 12.6. The van der Waals surface area contributed by atoms with Gasteiger partial charge in [0.1, 0.15) is 17.3 Å². The van der Waals surface area contributed by atoms with Crippen molar-refractivity contribution >= 4 is 22.5 Å². The predicted octanol–water partition coefficient (Wildman–Crippen LogP) is 7.08. The molecule has 4 aromatic rings. The standard InChI is InChI=1S/C30H27F4N3O2/c1-39-22-14-12-19(13-15-22)28(38)37-29(20-7-3-2-4-8-20)16-6-9-21(18-29)35-25-17-26(30(32,33)34)36-24-11-5-10-23(31)27(24)25/h2-5,7-8,10-15,17,21H,6,9,16,18H2,1H3,(H,35,36)(H,37,38). The molecule has 2 unspecified atom stereocenters. The number of pyridine rings is 1. The molecule has 0 aliphatic heterocycles. The first kappa shape index (κ1) is 26.5. The second-order valence-electron chi connectivity index (χ2n) is 9.76. The van der Waals surface area contributed by atoms with E-state index in [1.165, 1.54) is 18.2 Å². The summed E-state index contributed by atoms with van der Waals surface area (Å²) >= 11 is 0. The summed E-state index contributed by atoms with van der Waals surface area (Å²) in [6.45, 7) is 0. The smallest absolute Gasteiger partial charge is 0.433 e. The lowest BCUT2D eigenvalue weighted by molar-refractivity contribution is -0.140. The highest BCUT2D eigenvalue weighted by Crippen LogP contribution is 2.40. The summed E-state index contributed by atoms with van der Waals surface area (Å²) in [5.74, 6) is -0.308. The van der Waals surface area contributed by atoms with Crippen LogP contribution in [0.15, 0.2) is 78.9 Å². The van der Waals surface area contributed by atoms with E-state index in [4.69, 9.17) is 4.74 Å². The van der Waals surface area contributed by atoms with Crippen LogP contribution in [0.25, 0.3) is 10.9 Å². The van der Waals surface area contributed by atoms with Gasteiger partial charge in [0.15, 0.2) is 0 Å². The number of amides is 1. The van der Waals surface area contributed by atoms with E-state index >= 15 is 0 Å². The Balaban J connectivity index is 1.49. The maximum atomic E-state index is 14.8. The molecule has 9 heteroatoms. The van der Waals surface area contributed by atoms with Crippen LogP contribution in [-0.4, -0.2) is 24.0 Å². The summed E-state index contributed by atoms with van der Waals surface area (Å²) in [7, 11) is 1.55. The molecule has 0 bridgehead atoms. The van der Waals surface area contributed by atoms with Crippen molar-refractivity contribution in [3.8, 4) is 5.75 Å². The molecule has 5 rings (SSSR count). The molecule has 1 amide bonds. The fourth-order valence-electron chi connectivity index (χ4n) is 5.36. The van der Waals surface area contributed by atoms with Crippen LogP contribution < -0.4 is 15.4 Å². The minimum absolute atomic E-state index is 0.00338. The molecule has 1 heterocycles. The first-order chi connectivity index (χ1) is 18.7. The van der Waals surface area contributed by atoms with Crippen LogP contribution in [0.3, 0.4) is 0 Å². The molecule has 1 fully saturated rings. The number of ether oxygens (including phenoxy) is 1. The van der Waals surface area contributed by atoms with Gasteiger partial charge >= 0.3 is 6.18 Å². The van der Waals surface area contributed by atoms with E-state index in [1.807, 2.05) is 30.3 Å². The number of anilines is 1. The molecule has 0 saturated heterocycles. The third kappa shape index (κ3) is 5.53. The fraction of sp³-hybridized carbons (Fsp3) is 0.267. The van der Waals surface area contributed by atoms with Crippen LogP contribution in [0.1, 0.15) is 47.3 Å². The number of carbonyl (C=O) groups excluding carboxylic acids is 1. The van der Waals surface area contributed by atoms with Gasteiger partial charge in [-0.3, -0.25) is 4.79 Å². The van der Waals surface area contributed by atoms with Crippen molar-refractivity contribution in [2.24, 2.45) is 0 Å². The monoisotopic (exact) mass is 537 g/mol. The SMILES string of the molecule is COc1ccc(C(=O)NC2(c3ccccc3)CCCC(Nc3cc(C(F)(F)F)nc4cccc(F)c34)C2)cc1. The molecular formula is C30H27F4N3O2. The maximum Gasteiger partial charge on any atom is 0.433 e. The fourth-order valence-corrected chi connectivity index (χ4v) is 5.36. The lowest BCUT2D eigenvalue weighted by Crippen LogP contribution is -2.51. The van der Waals surface area contributed by atoms with Crippen molar-refractivity contribution in [2.75, 3.05) is 12.4 Å². The zero-order chi connectivity index (χ0) is 27.6. The van der Waals surface area contributed by atoms with Gasteiger partial charge < -0.3 is 15.4 Å².